The van der Waals surface area contributed by atoms with E-state index in [9.17, 15) is 0 Å². The Balaban J connectivity index is 2.01. The largest absolute Gasteiger partial charge is 0.256 e. The number of benzene rings is 1. The highest BCUT2D eigenvalue weighted by molar-refractivity contribution is 5.90. The predicted molar refractivity (Wildman–Crippen MR) is 75.2 cm³/mol. The molecule has 0 amide bonds. The number of allylic oxidation sites excluding steroid dienone is 5. The molecule has 86 valence electrons. The van der Waals surface area contributed by atoms with Crippen LogP contribution in [0.25, 0.3) is 17.0 Å². The Hall–Kier alpha value is -2.15. The molecule has 4 rings (SSSR count). The average Bonchev–Trinajstić information content (AvgIpc) is 2.45. The number of aromatic nitrogens is 1. The van der Waals surface area contributed by atoms with Gasteiger partial charge in [-0.25, -0.2) is 0 Å². The van der Waals surface area contributed by atoms with E-state index in [0.29, 0.717) is 5.92 Å². The van der Waals surface area contributed by atoms with E-state index >= 15 is 0 Å². The second kappa shape index (κ2) is 3.67. The number of fused-ring (bicyclic) bond motifs is 4. The van der Waals surface area contributed by atoms with Gasteiger partial charge in [-0.05, 0) is 29.7 Å². The third-order valence-corrected chi connectivity index (χ3v) is 3.83. The number of hydrogen-bond acceptors (Lipinski definition) is 1. The maximum atomic E-state index is 4.55. The van der Waals surface area contributed by atoms with Gasteiger partial charge in [0.25, 0.3) is 0 Å². The zero-order valence-corrected chi connectivity index (χ0v) is 10.0. The van der Waals surface area contributed by atoms with Crippen molar-refractivity contribution in [2.24, 2.45) is 5.92 Å². The van der Waals surface area contributed by atoms with Gasteiger partial charge in [0.15, 0.2) is 0 Å². The SMILES string of the molecule is C1=CC2=Cc3c(ccc4cccnc34)CC2C=C1. The Morgan fingerprint density at radius 2 is 2.11 bits per heavy atom. The van der Waals surface area contributed by atoms with Crippen LogP contribution in [0.3, 0.4) is 0 Å². The Kier molecular flexibility index (Phi) is 2.01. The minimum atomic E-state index is 0.545. The molecule has 0 aliphatic heterocycles. The second-order valence-electron chi connectivity index (χ2n) is 4.91. The van der Waals surface area contributed by atoms with Gasteiger partial charge in [-0.3, -0.25) is 4.98 Å². The van der Waals surface area contributed by atoms with E-state index in [-0.39, 0.29) is 0 Å². The molecule has 1 heterocycles. The van der Waals surface area contributed by atoms with Crippen molar-refractivity contribution in [3.05, 3.63) is 71.5 Å². The molecule has 1 nitrogen and oxygen atoms in total. The molecule has 0 fully saturated rings. The average molecular weight is 231 g/mol. The topological polar surface area (TPSA) is 12.9 Å². The van der Waals surface area contributed by atoms with Crippen molar-refractivity contribution in [3.8, 4) is 0 Å². The van der Waals surface area contributed by atoms with Crippen LogP contribution in [0.1, 0.15) is 11.1 Å². The quantitative estimate of drug-likeness (QED) is 0.669. The minimum Gasteiger partial charge on any atom is -0.256 e. The molecular weight excluding hydrogens is 218 g/mol. The molecule has 1 aromatic carbocycles. The molecule has 2 aliphatic rings. The fourth-order valence-electron chi connectivity index (χ4n) is 2.89. The van der Waals surface area contributed by atoms with Crippen molar-refractivity contribution >= 4 is 17.0 Å². The van der Waals surface area contributed by atoms with E-state index in [1.807, 2.05) is 12.3 Å². The monoisotopic (exact) mass is 231 g/mol. The van der Waals surface area contributed by atoms with E-state index in [2.05, 4.69) is 53.6 Å². The van der Waals surface area contributed by atoms with Crippen molar-refractivity contribution in [1.82, 2.24) is 4.98 Å². The summed E-state index contributed by atoms with van der Waals surface area (Å²) >= 11 is 0. The van der Waals surface area contributed by atoms with Gasteiger partial charge in [0, 0.05) is 23.1 Å². The summed E-state index contributed by atoms with van der Waals surface area (Å²) in [5.41, 5.74) is 5.25. The first-order valence-electron chi connectivity index (χ1n) is 6.35. The van der Waals surface area contributed by atoms with Crippen LogP contribution in [0.5, 0.6) is 0 Å². The lowest BCUT2D eigenvalue weighted by Crippen LogP contribution is -2.11. The number of rotatable bonds is 0. The molecule has 0 radical (unpaired) electrons. The predicted octanol–water partition coefficient (Wildman–Crippen LogP) is 3.92. The van der Waals surface area contributed by atoms with Gasteiger partial charge in [0.05, 0.1) is 5.52 Å². The van der Waals surface area contributed by atoms with Crippen molar-refractivity contribution < 1.29 is 0 Å². The summed E-state index contributed by atoms with van der Waals surface area (Å²) < 4.78 is 0. The van der Waals surface area contributed by atoms with Crippen LogP contribution < -0.4 is 0 Å². The maximum absolute atomic E-state index is 4.55. The standard InChI is InChI=1S/C17H13N/c1-2-5-14-11-16-15(10-13(14)4-1)8-7-12-6-3-9-18-17(12)16/h1-9,11,13H,10H2. The Bertz CT molecular complexity index is 719. The van der Waals surface area contributed by atoms with Crippen molar-refractivity contribution in [1.29, 1.82) is 0 Å². The van der Waals surface area contributed by atoms with E-state index in [1.54, 1.807) is 0 Å². The van der Waals surface area contributed by atoms with Crippen molar-refractivity contribution in [2.45, 2.75) is 6.42 Å². The molecule has 0 saturated heterocycles. The third-order valence-electron chi connectivity index (χ3n) is 3.83. The highest BCUT2D eigenvalue weighted by Crippen LogP contribution is 2.34. The minimum absolute atomic E-state index is 0.545. The maximum Gasteiger partial charge on any atom is 0.0777 e. The Morgan fingerprint density at radius 3 is 3.11 bits per heavy atom. The van der Waals surface area contributed by atoms with E-state index in [1.165, 1.54) is 22.1 Å². The molecule has 2 aromatic rings. The number of nitrogens with zero attached hydrogens (tertiary/aromatic N) is 1. The Labute approximate surface area is 106 Å². The molecular formula is C17H13N. The van der Waals surface area contributed by atoms with Crippen molar-refractivity contribution in [2.75, 3.05) is 0 Å². The van der Waals surface area contributed by atoms with Gasteiger partial charge in [0.1, 0.15) is 0 Å². The molecule has 0 N–H and O–H groups in total. The molecule has 1 heteroatoms. The van der Waals surface area contributed by atoms with Gasteiger partial charge in [-0.15, -0.1) is 0 Å². The van der Waals surface area contributed by atoms with Gasteiger partial charge in [-0.2, -0.15) is 0 Å². The first-order valence-corrected chi connectivity index (χ1v) is 6.35. The van der Waals surface area contributed by atoms with Gasteiger partial charge >= 0.3 is 0 Å². The lowest BCUT2D eigenvalue weighted by molar-refractivity contribution is 0.760. The zero-order valence-electron chi connectivity index (χ0n) is 10.0. The van der Waals surface area contributed by atoms with Crippen LogP contribution in [0.4, 0.5) is 0 Å². The molecule has 18 heavy (non-hydrogen) atoms. The fraction of sp³-hybridized carbons (Fsp3) is 0.118. The molecule has 1 atom stereocenters. The summed E-state index contributed by atoms with van der Waals surface area (Å²) in [7, 11) is 0. The summed E-state index contributed by atoms with van der Waals surface area (Å²) in [6.45, 7) is 0. The van der Waals surface area contributed by atoms with Crippen LogP contribution in [-0.2, 0) is 6.42 Å². The lowest BCUT2D eigenvalue weighted by Gasteiger charge is -2.24. The third kappa shape index (κ3) is 1.37. The fourth-order valence-corrected chi connectivity index (χ4v) is 2.89. The summed E-state index contributed by atoms with van der Waals surface area (Å²) in [6, 6.07) is 8.56. The van der Waals surface area contributed by atoms with E-state index < -0.39 is 0 Å². The molecule has 0 bridgehead atoms. The van der Waals surface area contributed by atoms with Crippen LogP contribution >= 0.6 is 0 Å². The summed E-state index contributed by atoms with van der Waals surface area (Å²) in [5.74, 6) is 0.545. The molecule has 2 aliphatic carbocycles. The lowest BCUT2D eigenvalue weighted by atomic mass is 9.81. The van der Waals surface area contributed by atoms with Gasteiger partial charge in [0.2, 0.25) is 0 Å². The molecule has 1 unspecified atom stereocenters. The van der Waals surface area contributed by atoms with Crippen LogP contribution in [0.2, 0.25) is 0 Å². The highest BCUT2D eigenvalue weighted by atomic mass is 14.6. The van der Waals surface area contributed by atoms with Crippen LogP contribution in [0.15, 0.2) is 60.3 Å². The molecule has 0 spiro atoms. The van der Waals surface area contributed by atoms with Crippen LogP contribution in [0, 0.1) is 5.92 Å². The normalized spacial score (nSPS) is 20.4. The van der Waals surface area contributed by atoms with Gasteiger partial charge in [-0.1, -0.05) is 42.5 Å². The van der Waals surface area contributed by atoms with Crippen molar-refractivity contribution in [3.63, 3.8) is 0 Å². The first-order chi connectivity index (χ1) is 8.92. The highest BCUT2D eigenvalue weighted by Gasteiger charge is 2.20. The van der Waals surface area contributed by atoms with Crippen LogP contribution in [-0.4, -0.2) is 4.98 Å². The number of pyridine rings is 1. The smallest absolute Gasteiger partial charge is 0.0777 e. The molecule has 1 aromatic heterocycles. The first kappa shape index (κ1) is 9.84. The second-order valence-corrected chi connectivity index (χ2v) is 4.91. The van der Waals surface area contributed by atoms with E-state index in [0.717, 1.165) is 11.9 Å². The summed E-state index contributed by atoms with van der Waals surface area (Å²) in [4.78, 5) is 4.55. The van der Waals surface area contributed by atoms with Gasteiger partial charge < -0.3 is 0 Å². The summed E-state index contributed by atoms with van der Waals surface area (Å²) in [5, 5.41) is 1.22. The van der Waals surface area contributed by atoms with E-state index in [4.69, 9.17) is 0 Å². The summed E-state index contributed by atoms with van der Waals surface area (Å²) in [6.07, 6.45) is 14.0. The zero-order chi connectivity index (χ0) is 11.9. The molecule has 0 saturated carbocycles. The number of hydrogen-bond donors (Lipinski definition) is 0. The Morgan fingerprint density at radius 1 is 1.11 bits per heavy atom.